The highest BCUT2D eigenvalue weighted by Gasteiger charge is 1.96. The standard InChI is InChI=1S/C16H32OS/c1-3-4-5-6-7-8-9-10-11-12-13-14-15-16(18)17-2/h3-15H2,1-2H3. The van der Waals surface area contributed by atoms with E-state index >= 15 is 0 Å². The molecule has 0 bridgehead atoms. The van der Waals surface area contributed by atoms with E-state index in [9.17, 15) is 0 Å². The van der Waals surface area contributed by atoms with Gasteiger partial charge in [-0.15, -0.1) is 0 Å². The van der Waals surface area contributed by atoms with E-state index in [0.29, 0.717) is 0 Å². The van der Waals surface area contributed by atoms with Crippen LogP contribution in [0.2, 0.25) is 0 Å². The van der Waals surface area contributed by atoms with E-state index in [0.717, 1.165) is 11.5 Å². The van der Waals surface area contributed by atoms with Crippen molar-refractivity contribution in [1.82, 2.24) is 0 Å². The second-order valence-electron chi connectivity index (χ2n) is 5.22. The molecule has 2 heteroatoms. The number of ether oxygens (including phenoxy) is 1. The van der Waals surface area contributed by atoms with Gasteiger partial charge >= 0.3 is 0 Å². The zero-order valence-corrected chi connectivity index (χ0v) is 13.3. The van der Waals surface area contributed by atoms with Gasteiger partial charge in [-0.25, -0.2) is 0 Å². The second-order valence-corrected chi connectivity index (χ2v) is 5.67. The van der Waals surface area contributed by atoms with Gasteiger partial charge in [-0.3, -0.25) is 0 Å². The van der Waals surface area contributed by atoms with E-state index in [-0.39, 0.29) is 0 Å². The Balaban J connectivity index is 2.97. The van der Waals surface area contributed by atoms with E-state index in [1.54, 1.807) is 7.11 Å². The van der Waals surface area contributed by atoms with Crippen LogP contribution < -0.4 is 0 Å². The predicted octanol–water partition coefficient (Wildman–Crippen LogP) is 6.05. The Morgan fingerprint density at radius 1 is 0.722 bits per heavy atom. The molecule has 0 aromatic heterocycles. The predicted molar refractivity (Wildman–Crippen MR) is 85.3 cm³/mol. The highest BCUT2D eigenvalue weighted by molar-refractivity contribution is 7.80. The average molecular weight is 272 g/mol. The quantitative estimate of drug-likeness (QED) is 0.298. The third-order valence-electron chi connectivity index (χ3n) is 3.46. The molecule has 0 amide bonds. The molecule has 0 rings (SSSR count). The van der Waals surface area contributed by atoms with Gasteiger partial charge in [0, 0.05) is 6.42 Å². The van der Waals surface area contributed by atoms with Crippen LogP contribution in [0, 0.1) is 0 Å². The van der Waals surface area contributed by atoms with Crippen molar-refractivity contribution >= 4 is 17.3 Å². The van der Waals surface area contributed by atoms with Crippen molar-refractivity contribution in [3.63, 3.8) is 0 Å². The summed E-state index contributed by atoms with van der Waals surface area (Å²) in [6, 6.07) is 0. The summed E-state index contributed by atoms with van der Waals surface area (Å²) in [5.74, 6) is 0. The summed E-state index contributed by atoms with van der Waals surface area (Å²) in [6.07, 6.45) is 17.6. The van der Waals surface area contributed by atoms with Crippen molar-refractivity contribution in [1.29, 1.82) is 0 Å². The molecule has 0 atom stereocenters. The maximum atomic E-state index is 5.01. The molecule has 0 aliphatic heterocycles. The third kappa shape index (κ3) is 14.0. The number of methoxy groups -OCH3 is 1. The first-order chi connectivity index (χ1) is 8.81. The molecule has 0 saturated heterocycles. The molecule has 1 nitrogen and oxygen atoms in total. The Kier molecular flexibility index (Phi) is 14.9. The van der Waals surface area contributed by atoms with Crippen LogP contribution in [-0.4, -0.2) is 12.2 Å². The van der Waals surface area contributed by atoms with Gasteiger partial charge in [0.1, 0.15) is 0 Å². The molecule has 0 aliphatic carbocycles. The van der Waals surface area contributed by atoms with Gasteiger partial charge in [-0.1, -0.05) is 77.6 Å². The Labute approximate surface area is 120 Å². The SMILES string of the molecule is CCCCCCCCCCCCCCC(=S)OC. The summed E-state index contributed by atoms with van der Waals surface area (Å²) in [5, 5.41) is 0.766. The van der Waals surface area contributed by atoms with Crippen LogP contribution in [0.25, 0.3) is 0 Å². The lowest BCUT2D eigenvalue weighted by atomic mass is 10.0. The highest BCUT2D eigenvalue weighted by Crippen LogP contribution is 2.12. The van der Waals surface area contributed by atoms with Gasteiger partial charge in [0.15, 0.2) is 5.05 Å². The van der Waals surface area contributed by atoms with E-state index < -0.39 is 0 Å². The molecule has 0 saturated carbocycles. The van der Waals surface area contributed by atoms with Crippen LogP contribution >= 0.6 is 12.2 Å². The lowest BCUT2D eigenvalue weighted by Gasteiger charge is -2.03. The second kappa shape index (κ2) is 14.9. The van der Waals surface area contributed by atoms with Gasteiger partial charge < -0.3 is 4.74 Å². The molecule has 0 N–H and O–H groups in total. The molecule has 0 radical (unpaired) electrons. The highest BCUT2D eigenvalue weighted by atomic mass is 32.1. The van der Waals surface area contributed by atoms with Crippen LogP contribution in [0.15, 0.2) is 0 Å². The average Bonchev–Trinajstić information content (AvgIpc) is 2.39. The molecule has 0 aromatic carbocycles. The first kappa shape index (κ1) is 17.9. The summed E-state index contributed by atoms with van der Waals surface area (Å²) >= 11 is 5.01. The Bertz CT molecular complexity index is 180. The van der Waals surface area contributed by atoms with Gasteiger partial charge in [0.05, 0.1) is 7.11 Å². The molecule has 0 heterocycles. The van der Waals surface area contributed by atoms with Crippen LogP contribution in [0.5, 0.6) is 0 Å². The zero-order valence-electron chi connectivity index (χ0n) is 12.5. The minimum atomic E-state index is 0.766. The molecule has 0 aromatic rings. The summed E-state index contributed by atoms with van der Waals surface area (Å²) in [7, 11) is 1.67. The number of hydrogen-bond donors (Lipinski definition) is 0. The molecule has 18 heavy (non-hydrogen) atoms. The molecular formula is C16H32OS. The van der Waals surface area contributed by atoms with Crippen molar-refractivity contribution in [3.05, 3.63) is 0 Å². The van der Waals surface area contributed by atoms with E-state index in [1.807, 2.05) is 0 Å². The molecule has 108 valence electrons. The molecule has 0 fully saturated rings. The number of hydrogen-bond acceptors (Lipinski definition) is 2. The topological polar surface area (TPSA) is 9.23 Å². The summed E-state index contributed by atoms with van der Waals surface area (Å²) in [4.78, 5) is 0. The van der Waals surface area contributed by atoms with Crippen LogP contribution in [0.4, 0.5) is 0 Å². The van der Waals surface area contributed by atoms with Crippen LogP contribution in [-0.2, 0) is 4.74 Å². The molecule has 0 unspecified atom stereocenters. The van der Waals surface area contributed by atoms with Gasteiger partial charge in [-0.05, 0) is 18.6 Å². The smallest absolute Gasteiger partial charge is 0.159 e. The first-order valence-electron chi connectivity index (χ1n) is 7.88. The van der Waals surface area contributed by atoms with Crippen molar-refractivity contribution in [3.8, 4) is 0 Å². The van der Waals surface area contributed by atoms with Crippen molar-refractivity contribution in [2.24, 2.45) is 0 Å². The molecule has 0 spiro atoms. The molecular weight excluding hydrogens is 240 g/mol. The van der Waals surface area contributed by atoms with Crippen molar-refractivity contribution in [2.45, 2.75) is 90.4 Å². The van der Waals surface area contributed by atoms with E-state index in [4.69, 9.17) is 17.0 Å². The maximum absolute atomic E-state index is 5.01. The number of unbranched alkanes of at least 4 members (excludes halogenated alkanes) is 11. The maximum Gasteiger partial charge on any atom is 0.159 e. The summed E-state index contributed by atoms with van der Waals surface area (Å²) in [6.45, 7) is 2.28. The third-order valence-corrected chi connectivity index (χ3v) is 3.83. The summed E-state index contributed by atoms with van der Waals surface area (Å²) < 4.78 is 4.98. The summed E-state index contributed by atoms with van der Waals surface area (Å²) in [5.41, 5.74) is 0. The van der Waals surface area contributed by atoms with Gasteiger partial charge in [0.2, 0.25) is 0 Å². The minimum Gasteiger partial charge on any atom is -0.490 e. The van der Waals surface area contributed by atoms with Crippen molar-refractivity contribution in [2.75, 3.05) is 7.11 Å². The number of rotatable bonds is 13. The lowest BCUT2D eigenvalue weighted by molar-refractivity contribution is 0.399. The Morgan fingerprint density at radius 2 is 1.11 bits per heavy atom. The zero-order chi connectivity index (χ0) is 13.5. The Morgan fingerprint density at radius 3 is 1.50 bits per heavy atom. The first-order valence-corrected chi connectivity index (χ1v) is 8.29. The monoisotopic (exact) mass is 272 g/mol. The largest absolute Gasteiger partial charge is 0.490 e. The van der Waals surface area contributed by atoms with Crippen molar-refractivity contribution < 1.29 is 4.74 Å². The number of thiocarbonyl (C=S) groups is 1. The Hall–Kier alpha value is -0.110. The lowest BCUT2D eigenvalue weighted by Crippen LogP contribution is -1.96. The van der Waals surface area contributed by atoms with Gasteiger partial charge in [0.25, 0.3) is 0 Å². The molecule has 0 aliphatic rings. The normalized spacial score (nSPS) is 10.6. The van der Waals surface area contributed by atoms with Crippen LogP contribution in [0.1, 0.15) is 90.4 Å². The van der Waals surface area contributed by atoms with Gasteiger partial charge in [-0.2, -0.15) is 0 Å². The fraction of sp³-hybridized carbons (Fsp3) is 0.938. The fourth-order valence-electron chi connectivity index (χ4n) is 2.21. The van der Waals surface area contributed by atoms with E-state index in [2.05, 4.69) is 6.92 Å². The van der Waals surface area contributed by atoms with Crippen LogP contribution in [0.3, 0.4) is 0 Å². The van der Waals surface area contributed by atoms with E-state index in [1.165, 1.54) is 77.0 Å². The fourth-order valence-corrected chi connectivity index (χ4v) is 2.36. The minimum absolute atomic E-state index is 0.766.